The van der Waals surface area contributed by atoms with Crippen molar-refractivity contribution in [2.45, 2.75) is 36.7 Å². The zero-order valence-electron chi connectivity index (χ0n) is 16.9. The largest absolute Gasteiger partial charge is 0.495 e. The molecule has 162 valence electrons. The van der Waals surface area contributed by atoms with E-state index in [1.54, 1.807) is 12.1 Å². The summed E-state index contributed by atoms with van der Waals surface area (Å²) in [6, 6.07) is 9.26. The minimum absolute atomic E-state index is 0.0242. The molecular weight excluding hydrogens is 422 g/mol. The highest BCUT2D eigenvalue weighted by Crippen LogP contribution is 2.30. The molecule has 2 aromatic rings. The maximum absolute atomic E-state index is 12.9. The number of hydrogen-bond donors (Lipinski definition) is 2. The predicted octanol–water partition coefficient (Wildman–Crippen LogP) is 1.76. The van der Waals surface area contributed by atoms with Gasteiger partial charge in [0.05, 0.1) is 28.8 Å². The van der Waals surface area contributed by atoms with Crippen LogP contribution in [0.3, 0.4) is 0 Å². The number of ether oxygens (including phenoxy) is 1. The third kappa shape index (κ3) is 3.91. The van der Waals surface area contributed by atoms with Crippen LogP contribution in [-0.2, 0) is 14.8 Å². The summed E-state index contributed by atoms with van der Waals surface area (Å²) < 4.78 is 32.8. The smallest absolute Gasteiger partial charge is 0.262 e. The van der Waals surface area contributed by atoms with E-state index in [9.17, 15) is 22.8 Å². The third-order valence-corrected chi connectivity index (χ3v) is 6.75. The van der Waals surface area contributed by atoms with Gasteiger partial charge in [-0.1, -0.05) is 12.1 Å². The molecule has 1 aliphatic carbocycles. The first-order valence-electron chi connectivity index (χ1n) is 9.71. The van der Waals surface area contributed by atoms with Crippen LogP contribution in [0, 0.1) is 0 Å². The number of imide groups is 1. The highest BCUT2D eigenvalue weighted by atomic mass is 32.2. The Bertz CT molecular complexity index is 1150. The lowest BCUT2D eigenvalue weighted by Gasteiger charge is -2.22. The standard InChI is InChI=1S/C21H21N3O6S/c1-12(24-20(26)15-5-3-4-6-16(15)21(24)27)19(25)22-17-11-14(9-10-18(17)30-2)31(28,29)23-13-7-8-13/h3-6,9-13,23H,7-8H2,1-2H3,(H,22,25). The number of amides is 3. The molecule has 1 aliphatic heterocycles. The fourth-order valence-electron chi connectivity index (χ4n) is 3.35. The van der Waals surface area contributed by atoms with Crippen molar-refractivity contribution < 1.29 is 27.5 Å². The van der Waals surface area contributed by atoms with Crippen molar-refractivity contribution >= 4 is 33.4 Å². The molecule has 4 rings (SSSR count). The van der Waals surface area contributed by atoms with Crippen LogP contribution >= 0.6 is 0 Å². The van der Waals surface area contributed by atoms with Gasteiger partial charge in [-0.05, 0) is 50.1 Å². The normalized spacial score (nSPS) is 16.8. The Morgan fingerprint density at radius 3 is 2.26 bits per heavy atom. The van der Waals surface area contributed by atoms with Crippen LogP contribution in [0.5, 0.6) is 5.75 Å². The van der Waals surface area contributed by atoms with E-state index in [4.69, 9.17) is 4.74 Å². The quantitative estimate of drug-likeness (QED) is 0.629. The molecule has 2 N–H and O–H groups in total. The van der Waals surface area contributed by atoms with E-state index >= 15 is 0 Å². The van der Waals surface area contributed by atoms with Crippen LogP contribution in [0.15, 0.2) is 47.4 Å². The molecule has 10 heteroatoms. The molecule has 2 aliphatic rings. The molecule has 0 saturated heterocycles. The summed E-state index contributed by atoms with van der Waals surface area (Å²) in [5, 5.41) is 2.59. The maximum Gasteiger partial charge on any atom is 0.262 e. The van der Waals surface area contributed by atoms with Gasteiger partial charge in [-0.2, -0.15) is 0 Å². The number of hydrogen-bond acceptors (Lipinski definition) is 6. The lowest BCUT2D eigenvalue weighted by atomic mass is 10.1. The van der Waals surface area contributed by atoms with Gasteiger partial charge in [0.2, 0.25) is 15.9 Å². The summed E-state index contributed by atoms with van der Waals surface area (Å²) in [4.78, 5) is 39.0. The Morgan fingerprint density at radius 1 is 1.10 bits per heavy atom. The monoisotopic (exact) mass is 443 g/mol. The Kier molecular flexibility index (Phi) is 5.28. The van der Waals surface area contributed by atoms with E-state index in [-0.39, 0.29) is 33.5 Å². The van der Waals surface area contributed by atoms with Crippen LogP contribution in [0.1, 0.15) is 40.5 Å². The fraction of sp³-hybridized carbons (Fsp3) is 0.286. The summed E-state index contributed by atoms with van der Waals surface area (Å²) in [6.45, 7) is 1.43. The van der Waals surface area contributed by atoms with E-state index in [0.717, 1.165) is 17.7 Å². The Balaban J connectivity index is 1.57. The molecule has 0 radical (unpaired) electrons. The minimum atomic E-state index is -3.75. The van der Waals surface area contributed by atoms with Gasteiger partial charge in [0, 0.05) is 6.04 Å². The minimum Gasteiger partial charge on any atom is -0.495 e. The van der Waals surface area contributed by atoms with E-state index < -0.39 is 33.8 Å². The van der Waals surface area contributed by atoms with Crippen LogP contribution in [0.25, 0.3) is 0 Å². The zero-order valence-corrected chi connectivity index (χ0v) is 17.7. The second-order valence-corrected chi connectivity index (χ2v) is 9.16. The first kappa shape index (κ1) is 21.0. The van der Waals surface area contributed by atoms with Crippen molar-refractivity contribution in [1.29, 1.82) is 0 Å². The molecule has 2 aromatic carbocycles. The topological polar surface area (TPSA) is 122 Å². The predicted molar refractivity (Wildman–Crippen MR) is 111 cm³/mol. The number of anilines is 1. The van der Waals surface area contributed by atoms with E-state index in [2.05, 4.69) is 10.0 Å². The van der Waals surface area contributed by atoms with Gasteiger partial charge >= 0.3 is 0 Å². The van der Waals surface area contributed by atoms with Crippen molar-refractivity contribution in [3.05, 3.63) is 53.6 Å². The van der Waals surface area contributed by atoms with Gasteiger partial charge in [-0.15, -0.1) is 0 Å². The molecule has 1 fully saturated rings. The van der Waals surface area contributed by atoms with Crippen molar-refractivity contribution in [3.63, 3.8) is 0 Å². The molecule has 0 aromatic heterocycles. The number of rotatable bonds is 7. The Labute approximate surface area is 179 Å². The second kappa shape index (κ2) is 7.78. The Morgan fingerprint density at radius 2 is 1.71 bits per heavy atom. The Hall–Kier alpha value is -3.24. The fourth-order valence-corrected chi connectivity index (χ4v) is 4.69. The summed E-state index contributed by atoms with van der Waals surface area (Å²) in [6.07, 6.45) is 1.58. The summed E-state index contributed by atoms with van der Waals surface area (Å²) in [7, 11) is -2.36. The number of nitrogens with one attached hydrogen (secondary N) is 2. The number of nitrogens with zero attached hydrogens (tertiary/aromatic N) is 1. The number of carbonyl (C=O) groups is 3. The van der Waals surface area contributed by atoms with Gasteiger partial charge in [-0.3, -0.25) is 19.3 Å². The summed E-state index contributed by atoms with van der Waals surface area (Å²) >= 11 is 0. The van der Waals surface area contributed by atoms with Crippen LogP contribution in [0.2, 0.25) is 0 Å². The van der Waals surface area contributed by atoms with E-state index in [1.807, 2.05) is 0 Å². The molecule has 1 unspecified atom stereocenters. The molecule has 0 spiro atoms. The number of sulfonamides is 1. The van der Waals surface area contributed by atoms with Gasteiger partial charge in [-0.25, -0.2) is 13.1 Å². The summed E-state index contributed by atoms with van der Waals surface area (Å²) in [5.41, 5.74) is 0.600. The molecule has 3 amide bonds. The molecule has 9 nitrogen and oxygen atoms in total. The molecule has 1 saturated carbocycles. The highest BCUT2D eigenvalue weighted by Gasteiger charge is 2.40. The molecule has 31 heavy (non-hydrogen) atoms. The molecule has 1 atom stereocenters. The number of methoxy groups -OCH3 is 1. The SMILES string of the molecule is COc1ccc(S(=O)(=O)NC2CC2)cc1NC(=O)C(C)N1C(=O)c2ccccc2C1=O. The first-order chi connectivity index (χ1) is 14.7. The summed E-state index contributed by atoms with van der Waals surface area (Å²) in [5.74, 6) is -1.52. The zero-order chi connectivity index (χ0) is 22.3. The lowest BCUT2D eigenvalue weighted by molar-refractivity contribution is -0.119. The van der Waals surface area contributed by atoms with Crippen LogP contribution < -0.4 is 14.8 Å². The second-order valence-electron chi connectivity index (χ2n) is 7.45. The van der Waals surface area contributed by atoms with Crippen LogP contribution in [-0.4, -0.2) is 50.2 Å². The number of benzene rings is 2. The van der Waals surface area contributed by atoms with Crippen LogP contribution in [0.4, 0.5) is 5.69 Å². The van der Waals surface area contributed by atoms with Crippen molar-refractivity contribution in [1.82, 2.24) is 9.62 Å². The number of carbonyl (C=O) groups excluding carboxylic acids is 3. The third-order valence-electron chi connectivity index (χ3n) is 5.23. The molecule has 0 bridgehead atoms. The van der Waals surface area contributed by atoms with E-state index in [0.29, 0.717) is 0 Å². The number of fused-ring (bicyclic) bond motifs is 1. The van der Waals surface area contributed by atoms with Gasteiger partial charge in [0.25, 0.3) is 11.8 Å². The van der Waals surface area contributed by atoms with Gasteiger partial charge in [0.1, 0.15) is 11.8 Å². The van der Waals surface area contributed by atoms with Gasteiger partial charge in [0.15, 0.2) is 0 Å². The van der Waals surface area contributed by atoms with E-state index in [1.165, 1.54) is 44.4 Å². The molecule has 1 heterocycles. The van der Waals surface area contributed by atoms with Crippen molar-refractivity contribution in [2.75, 3.05) is 12.4 Å². The lowest BCUT2D eigenvalue weighted by Crippen LogP contribution is -2.45. The average molecular weight is 443 g/mol. The average Bonchev–Trinajstić information content (AvgIpc) is 3.52. The van der Waals surface area contributed by atoms with Crippen molar-refractivity contribution in [3.8, 4) is 5.75 Å². The molecular formula is C21H21N3O6S. The van der Waals surface area contributed by atoms with Crippen molar-refractivity contribution in [2.24, 2.45) is 0 Å². The highest BCUT2D eigenvalue weighted by molar-refractivity contribution is 7.89. The first-order valence-corrected chi connectivity index (χ1v) is 11.2. The maximum atomic E-state index is 12.9. The van der Waals surface area contributed by atoms with Gasteiger partial charge < -0.3 is 10.1 Å².